The van der Waals surface area contributed by atoms with Gasteiger partial charge in [-0.3, -0.25) is 0 Å². The largest absolute Gasteiger partial charge is 0.380 e. The van der Waals surface area contributed by atoms with E-state index in [0.717, 1.165) is 18.4 Å². The lowest BCUT2D eigenvalue weighted by Gasteiger charge is -2.21. The van der Waals surface area contributed by atoms with Crippen molar-refractivity contribution in [3.63, 3.8) is 0 Å². The van der Waals surface area contributed by atoms with Crippen LogP contribution in [0, 0.1) is 18.7 Å². The molecular weight excluding hydrogens is 203 g/mol. The summed E-state index contributed by atoms with van der Waals surface area (Å²) < 4.78 is 13.6. The van der Waals surface area contributed by atoms with Crippen molar-refractivity contribution in [1.82, 2.24) is 0 Å². The molecule has 2 unspecified atom stereocenters. The minimum absolute atomic E-state index is 0.164. The summed E-state index contributed by atoms with van der Waals surface area (Å²) in [5, 5.41) is 3.28. The van der Waals surface area contributed by atoms with Crippen LogP contribution in [0.5, 0.6) is 0 Å². The molecule has 1 fully saturated rings. The first-order valence-electron chi connectivity index (χ1n) is 5.93. The smallest absolute Gasteiger partial charge is 0.146 e. The molecule has 0 saturated heterocycles. The second-order valence-electron chi connectivity index (χ2n) is 4.66. The van der Waals surface area contributed by atoms with E-state index in [4.69, 9.17) is 5.73 Å². The maximum absolute atomic E-state index is 13.6. The Bertz CT molecular complexity index is 365. The topological polar surface area (TPSA) is 38.0 Å². The predicted octanol–water partition coefficient (Wildman–Crippen LogP) is 2.67. The van der Waals surface area contributed by atoms with E-state index in [1.807, 2.05) is 19.1 Å². The van der Waals surface area contributed by atoms with Gasteiger partial charge in [-0.1, -0.05) is 12.5 Å². The van der Waals surface area contributed by atoms with Gasteiger partial charge in [0.1, 0.15) is 5.82 Å². The lowest BCUT2D eigenvalue weighted by atomic mass is 10.0. The highest BCUT2D eigenvalue weighted by Crippen LogP contribution is 2.28. The van der Waals surface area contributed by atoms with E-state index in [0.29, 0.717) is 24.2 Å². The summed E-state index contributed by atoms with van der Waals surface area (Å²) >= 11 is 0. The second-order valence-corrected chi connectivity index (χ2v) is 4.66. The van der Waals surface area contributed by atoms with E-state index >= 15 is 0 Å². The molecule has 1 aromatic carbocycles. The van der Waals surface area contributed by atoms with E-state index in [-0.39, 0.29) is 5.82 Å². The van der Waals surface area contributed by atoms with Crippen LogP contribution in [0.15, 0.2) is 18.2 Å². The average molecular weight is 222 g/mol. The van der Waals surface area contributed by atoms with E-state index in [1.165, 1.54) is 6.42 Å². The van der Waals surface area contributed by atoms with Crippen LogP contribution in [-0.4, -0.2) is 12.6 Å². The quantitative estimate of drug-likeness (QED) is 0.825. The molecule has 0 aromatic heterocycles. The van der Waals surface area contributed by atoms with Gasteiger partial charge < -0.3 is 11.1 Å². The van der Waals surface area contributed by atoms with Gasteiger partial charge in [0.05, 0.1) is 5.69 Å². The third-order valence-corrected chi connectivity index (χ3v) is 3.43. The van der Waals surface area contributed by atoms with Crippen molar-refractivity contribution >= 4 is 5.69 Å². The molecule has 3 N–H and O–H groups in total. The van der Waals surface area contributed by atoms with E-state index in [9.17, 15) is 4.39 Å². The standard InChI is InChI=1S/C13H19FN2/c1-9-5-6-13(11(14)7-9)16-12-4-2-3-10(12)8-15/h5-7,10,12,16H,2-4,8,15H2,1H3. The molecular formula is C13H19FN2. The molecule has 2 rings (SSSR count). The van der Waals surface area contributed by atoms with Crippen molar-refractivity contribution in [3.8, 4) is 0 Å². The Morgan fingerprint density at radius 3 is 2.94 bits per heavy atom. The van der Waals surface area contributed by atoms with Gasteiger partial charge >= 0.3 is 0 Å². The normalized spacial score (nSPS) is 24.7. The van der Waals surface area contributed by atoms with Gasteiger partial charge in [-0.05, 0) is 49.9 Å². The molecule has 1 aliphatic carbocycles. The lowest BCUT2D eigenvalue weighted by molar-refractivity contribution is 0.513. The van der Waals surface area contributed by atoms with E-state index < -0.39 is 0 Å². The monoisotopic (exact) mass is 222 g/mol. The summed E-state index contributed by atoms with van der Waals surface area (Å²) in [6, 6.07) is 5.64. The molecule has 0 radical (unpaired) electrons. The first kappa shape index (κ1) is 11.4. The predicted molar refractivity (Wildman–Crippen MR) is 64.9 cm³/mol. The highest BCUT2D eigenvalue weighted by atomic mass is 19.1. The number of halogens is 1. The number of hydrogen-bond donors (Lipinski definition) is 2. The number of aryl methyl sites for hydroxylation is 1. The van der Waals surface area contributed by atoms with Crippen molar-refractivity contribution in [2.45, 2.75) is 32.2 Å². The first-order chi connectivity index (χ1) is 7.70. The number of anilines is 1. The van der Waals surface area contributed by atoms with Crippen LogP contribution in [0.3, 0.4) is 0 Å². The van der Waals surface area contributed by atoms with Crippen LogP contribution in [0.4, 0.5) is 10.1 Å². The zero-order chi connectivity index (χ0) is 11.5. The van der Waals surface area contributed by atoms with Crippen molar-refractivity contribution in [2.75, 3.05) is 11.9 Å². The van der Waals surface area contributed by atoms with Gasteiger partial charge in [-0.15, -0.1) is 0 Å². The fourth-order valence-corrected chi connectivity index (χ4v) is 2.45. The SMILES string of the molecule is Cc1ccc(NC2CCCC2CN)c(F)c1. The van der Waals surface area contributed by atoms with Gasteiger partial charge in [0.15, 0.2) is 0 Å². The molecule has 88 valence electrons. The maximum Gasteiger partial charge on any atom is 0.146 e. The summed E-state index contributed by atoms with van der Waals surface area (Å²) in [5.41, 5.74) is 7.26. The molecule has 16 heavy (non-hydrogen) atoms. The Morgan fingerprint density at radius 1 is 1.44 bits per heavy atom. The fourth-order valence-electron chi connectivity index (χ4n) is 2.45. The molecule has 3 heteroatoms. The van der Waals surface area contributed by atoms with Crippen molar-refractivity contribution < 1.29 is 4.39 Å². The highest BCUT2D eigenvalue weighted by Gasteiger charge is 2.26. The average Bonchev–Trinajstić information content (AvgIpc) is 2.69. The first-order valence-corrected chi connectivity index (χ1v) is 5.93. The Morgan fingerprint density at radius 2 is 2.25 bits per heavy atom. The Kier molecular flexibility index (Phi) is 3.44. The lowest BCUT2D eigenvalue weighted by Crippen LogP contribution is -2.29. The minimum Gasteiger partial charge on any atom is -0.380 e. The van der Waals surface area contributed by atoms with E-state index in [1.54, 1.807) is 6.07 Å². The third-order valence-electron chi connectivity index (χ3n) is 3.43. The summed E-state index contributed by atoms with van der Waals surface area (Å²) in [6.45, 7) is 2.58. The molecule has 0 heterocycles. The molecule has 2 nitrogen and oxygen atoms in total. The van der Waals surface area contributed by atoms with Gasteiger partial charge in [0.2, 0.25) is 0 Å². The molecule has 2 atom stereocenters. The number of hydrogen-bond acceptors (Lipinski definition) is 2. The highest BCUT2D eigenvalue weighted by molar-refractivity contribution is 5.47. The zero-order valence-corrected chi connectivity index (χ0v) is 9.67. The number of nitrogens with two attached hydrogens (primary N) is 1. The number of benzene rings is 1. The van der Waals surface area contributed by atoms with Gasteiger partial charge in [0, 0.05) is 6.04 Å². The number of nitrogens with one attached hydrogen (secondary N) is 1. The minimum atomic E-state index is -0.164. The van der Waals surface area contributed by atoms with Crippen LogP contribution in [0.25, 0.3) is 0 Å². The summed E-state index contributed by atoms with van der Waals surface area (Å²) in [5.74, 6) is 0.323. The fraction of sp³-hybridized carbons (Fsp3) is 0.538. The summed E-state index contributed by atoms with van der Waals surface area (Å²) in [4.78, 5) is 0. The van der Waals surface area contributed by atoms with Crippen LogP contribution in [-0.2, 0) is 0 Å². The van der Waals surface area contributed by atoms with Gasteiger partial charge in [-0.25, -0.2) is 4.39 Å². The van der Waals surface area contributed by atoms with Gasteiger partial charge in [-0.2, -0.15) is 0 Å². The van der Waals surface area contributed by atoms with E-state index in [2.05, 4.69) is 5.32 Å². The van der Waals surface area contributed by atoms with Gasteiger partial charge in [0.25, 0.3) is 0 Å². The summed E-state index contributed by atoms with van der Waals surface area (Å²) in [7, 11) is 0. The Labute approximate surface area is 96.0 Å². The Hall–Kier alpha value is -1.09. The molecule has 1 aliphatic rings. The molecule has 0 bridgehead atoms. The molecule has 1 aromatic rings. The van der Waals surface area contributed by atoms with Crippen LogP contribution < -0.4 is 11.1 Å². The van der Waals surface area contributed by atoms with Crippen molar-refractivity contribution in [3.05, 3.63) is 29.6 Å². The summed E-state index contributed by atoms with van der Waals surface area (Å²) in [6.07, 6.45) is 3.43. The van der Waals surface area contributed by atoms with Crippen molar-refractivity contribution in [1.29, 1.82) is 0 Å². The number of rotatable bonds is 3. The molecule has 1 saturated carbocycles. The molecule has 0 amide bonds. The van der Waals surface area contributed by atoms with Crippen molar-refractivity contribution in [2.24, 2.45) is 11.7 Å². The third kappa shape index (κ3) is 2.35. The van der Waals surface area contributed by atoms with Crippen LogP contribution in [0.1, 0.15) is 24.8 Å². The van der Waals surface area contributed by atoms with Crippen LogP contribution >= 0.6 is 0 Å². The molecule has 0 spiro atoms. The molecule has 0 aliphatic heterocycles. The maximum atomic E-state index is 13.6. The second kappa shape index (κ2) is 4.83. The Balaban J connectivity index is 2.08. The zero-order valence-electron chi connectivity index (χ0n) is 9.67. The van der Waals surface area contributed by atoms with Crippen LogP contribution in [0.2, 0.25) is 0 Å².